The van der Waals surface area contributed by atoms with Crippen molar-refractivity contribution >= 4 is 89.4 Å². The molecule has 0 amide bonds. The van der Waals surface area contributed by atoms with E-state index in [2.05, 4.69) is 182 Å². The van der Waals surface area contributed by atoms with Crippen LogP contribution < -0.4 is 31.8 Å². The first-order valence-corrected chi connectivity index (χ1v) is 22.8. The second-order valence-corrected chi connectivity index (χ2v) is 25.7. The van der Waals surface area contributed by atoms with Gasteiger partial charge >= 0.3 is 271 Å². The zero-order valence-corrected chi connectivity index (χ0v) is 29.2. The molecule has 1 aliphatic rings. The molecule has 7 rings (SSSR count). The third kappa shape index (κ3) is 4.69. The molecule has 214 valence electrons. The molecule has 44 heavy (non-hydrogen) atoms. The molecule has 0 unspecified atom stereocenters. The molecule has 0 bridgehead atoms. The van der Waals surface area contributed by atoms with Gasteiger partial charge in [0.25, 0.3) is 0 Å². The Morgan fingerprint density at radius 1 is 0.386 bits per heavy atom. The summed E-state index contributed by atoms with van der Waals surface area (Å²) in [7, 11) is 3.81. The predicted molar refractivity (Wildman–Crippen MR) is 207 cm³/mol. The van der Waals surface area contributed by atoms with Gasteiger partial charge in [0.1, 0.15) is 0 Å². The Bertz CT molecular complexity index is 1810. The zero-order chi connectivity index (χ0) is 29.9. The van der Waals surface area contributed by atoms with Gasteiger partial charge in [0.05, 0.1) is 0 Å². The van der Waals surface area contributed by atoms with Crippen LogP contribution in [0, 0.1) is 0 Å². The number of benzene rings is 6. The van der Waals surface area contributed by atoms with Gasteiger partial charge in [0.15, 0.2) is 0 Å². The van der Waals surface area contributed by atoms with Gasteiger partial charge in [-0.2, -0.15) is 0 Å². The Morgan fingerprint density at radius 2 is 0.682 bits per heavy atom. The first kappa shape index (κ1) is 29.8. The summed E-state index contributed by atoms with van der Waals surface area (Å²) in [5, 5.41) is 7.76. The number of halogens is 1. The topological polar surface area (TPSA) is 0 Å². The molecule has 1 aliphatic heterocycles. The van der Waals surface area contributed by atoms with Gasteiger partial charge in [-0.3, -0.25) is 0 Å². The van der Waals surface area contributed by atoms with Gasteiger partial charge < -0.3 is 0 Å². The summed E-state index contributed by atoms with van der Waals surface area (Å²) < 4.78 is 2.93. The monoisotopic (exact) mass is 676 g/mol. The predicted octanol–water partition coefficient (Wildman–Crippen LogP) is 9.61. The van der Waals surface area contributed by atoms with Gasteiger partial charge in [-0.05, 0) is 0 Å². The van der Waals surface area contributed by atoms with Crippen LogP contribution >= 0.6 is 48.0 Å². The third-order valence-corrected chi connectivity index (χ3v) is 30.5. The molecule has 0 aromatic heterocycles. The second kappa shape index (κ2) is 12.5. The molecule has 0 fully saturated rings. The van der Waals surface area contributed by atoms with Gasteiger partial charge in [-0.15, -0.1) is 0 Å². The van der Waals surface area contributed by atoms with E-state index in [0.29, 0.717) is 0 Å². The summed E-state index contributed by atoms with van der Waals surface area (Å²) in [5.74, 6) is -3.59. The van der Waals surface area contributed by atoms with Gasteiger partial charge in [0.2, 0.25) is 0 Å². The van der Waals surface area contributed by atoms with Crippen molar-refractivity contribution in [2.24, 2.45) is 0 Å². The molecule has 6 aromatic carbocycles. The van der Waals surface area contributed by atoms with E-state index in [9.17, 15) is 0 Å². The number of rotatable bonds is 7. The molecule has 0 spiro atoms. The minimum absolute atomic E-state index is 1.20. The first-order valence-electron chi connectivity index (χ1n) is 14.5. The summed E-state index contributed by atoms with van der Waals surface area (Å²) in [5.41, 5.74) is 0. The van der Waals surface area contributed by atoms with Gasteiger partial charge in [0, 0.05) is 0 Å². The standard InChI is InChI=1S/C38H30ClP5/c39-44(34-25-13-4-14-26-34,35-27-15-5-16-28-35,36-29-17-6-18-30-36)38-40-37(41-42-38)43(31-19-7-1-8-20-31,32-21-9-2-10-22-32)33-23-11-3-12-24-33/h1-30H. The van der Waals surface area contributed by atoms with Crippen LogP contribution in [0.15, 0.2) is 182 Å². The van der Waals surface area contributed by atoms with Gasteiger partial charge in [-0.25, -0.2) is 0 Å². The summed E-state index contributed by atoms with van der Waals surface area (Å²) >= 11 is 8.71. The maximum atomic E-state index is 8.71. The molecule has 0 nitrogen and oxygen atoms in total. The molecule has 0 N–H and O–H groups in total. The van der Waals surface area contributed by atoms with Crippen molar-refractivity contribution in [1.29, 1.82) is 0 Å². The van der Waals surface area contributed by atoms with Crippen molar-refractivity contribution in [3.8, 4) is 0 Å². The van der Waals surface area contributed by atoms with Crippen LogP contribution in [0.1, 0.15) is 0 Å². The van der Waals surface area contributed by atoms with Crippen LogP contribution in [0.25, 0.3) is 0 Å². The van der Waals surface area contributed by atoms with E-state index in [-0.39, 0.29) is 0 Å². The second-order valence-electron chi connectivity index (χ2n) is 10.6. The zero-order valence-electron chi connectivity index (χ0n) is 23.9. The van der Waals surface area contributed by atoms with Crippen molar-refractivity contribution in [2.45, 2.75) is 0 Å². The molecule has 0 aliphatic carbocycles. The SMILES string of the molecule is ClP(C1=PC(=P(c2ccccc2)(c2ccccc2)c2ccccc2)P=P1)(c1ccccc1)(c1ccccc1)c1ccccc1. The molecule has 0 saturated heterocycles. The van der Waals surface area contributed by atoms with E-state index in [0.717, 1.165) is 0 Å². The molecule has 6 heteroatoms. The Kier molecular flexibility index (Phi) is 8.45. The quantitative estimate of drug-likeness (QED) is 0.148. The molecule has 0 atom stereocenters. The van der Waals surface area contributed by atoms with Crippen molar-refractivity contribution in [2.75, 3.05) is 0 Å². The van der Waals surface area contributed by atoms with Crippen molar-refractivity contribution < 1.29 is 0 Å². The van der Waals surface area contributed by atoms with E-state index in [1.807, 2.05) is 0 Å². The van der Waals surface area contributed by atoms with E-state index in [4.69, 9.17) is 11.2 Å². The normalized spacial score (nSPS) is 15.2. The fraction of sp³-hybridized carbons (Fsp3) is 0. The molecule has 6 aromatic rings. The summed E-state index contributed by atoms with van der Waals surface area (Å²) in [6.07, 6.45) is 0. The fourth-order valence-electron chi connectivity index (χ4n) is 6.21. The fourth-order valence-corrected chi connectivity index (χ4v) is 31.0. The summed E-state index contributed by atoms with van der Waals surface area (Å²) in [6.45, 7) is -2.19. The van der Waals surface area contributed by atoms with Crippen LogP contribution in [0.4, 0.5) is 0 Å². The van der Waals surface area contributed by atoms with E-state index in [1.165, 1.54) is 65.3 Å². The van der Waals surface area contributed by atoms with Crippen LogP contribution in [-0.2, 0) is 0 Å². The van der Waals surface area contributed by atoms with E-state index in [1.54, 1.807) is 0 Å². The third-order valence-electron chi connectivity index (χ3n) is 8.26. The minimum atomic E-state index is -3.59. The number of hydrogen-bond acceptors (Lipinski definition) is 0. The first-order chi connectivity index (χ1) is 21.7. The Morgan fingerprint density at radius 3 is 1.00 bits per heavy atom. The Balaban J connectivity index is 1.67. The molecular formula is C38H30ClP5. The number of hydrogen-bond donors (Lipinski definition) is 0. The summed E-state index contributed by atoms with van der Waals surface area (Å²) in [4.78, 5) is 0. The molecule has 1 heterocycles. The molecular weight excluding hydrogens is 647 g/mol. The van der Waals surface area contributed by atoms with Crippen LogP contribution in [-0.4, -0.2) is 9.55 Å². The maximum absolute atomic E-state index is 8.71. The molecule has 0 saturated carbocycles. The van der Waals surface area contributed by atoms with Crippen LogP contribution in [0.3, 0.4) is 0 Å². The van der Waals surface area contributed by atoms with Crippen molar-refractivity contribution in [1.82, 2.24) is 0 Å². The van der Waals surface area contributed by atoms with Crippen LogP contribution in [0.2, 0.25) is 0 Å². The van der Waals surface area contributed by atoms with Crippen molar-refractivity contribution in [3.05, 3.63) is 182 Å². The molecule has 0 radical (unpaired) electrons. The Labute approximate surface area is 270 Å². The van der Waals surface area contributed by atoms with Crippen molar-refractivity contribution in [3.63, 3.8) is 0 Å². The van der Waals surface area contributed by atoms with Crippen LogP contribution in [0.5, 0.6) is 0 Å². The van der Waals surface area contributed by atoms with E-state index < -0.39 is 12.8 Å². The Hall–Kier alpha value is -2.89. The van der Waals surface area contributed by atoms with Gasteiger partial charge in [-0.1, -0.05) is 0 Å². The average molecular weight is 677 g/mol. The average Bonchev–Trinajstić information content (AvgIpc) is 3.63. The van der Waals surface area contributed by atoms with E-state index >= 15 is 0 Å². The summed E-state index contributed by atoms with van der Waals surface area (Å²) in [6, 6.07) is 66.3.